The average molecular weight is 215 g/mol. The molecule has 1 aromatic rings. The second-order valence-electron chi connectivity index (χ2n) is 3.59. The van der Waals surface area contributed by atoms with E-state index in [0.717, 1.165) is 17.8 Å². The van der Waals surface area contributed by atoms with Crippen LogP contribution in [-0.2, 0) is 22.3 Å². The topological polar surface area (TPSA) is 55.2 Å². The predicted octanol–water partition coefficient (Wildman–Crippen LogP) is -0.0333. The van der Waals surface area contributed by atoms with Gasteiger partial charge in [0.2, 0.25) is 10.0 Å². The number of likely N-dealkylation sites (N-methyl/N-ethyl adjacent to an activating group) is 1. The first-order valence-corrected chi connectivity index (χ1v) is 6.07. The average Bonchev–Trinajstić information content (AvgIpc) is 2.36. The molecule has 5 nitrogen and oxygen atoms in total. The third-order valence-corrected chi connectivity index (χ3v) is 4.13. The molecule has 0 aromatic carbocycles. The number of fused-ring (bicyclic) bond motifs is 1. The Hall–Kier alpha value is -0.880. The zero-order valence-electron chi connectivity index (χ0n) is 8.27. The number of hydrogen-bond acceptors (Lipinski definition) is 3. The van der Waals surface area contributed by atoms with Gasteiger partial charge in [-0.25, -0.2) is 12.7 Å². The summed E-state index contributed by atoms with van der Waals surface area (Å²) in [4.78, 5) is 0. The van der Waals surface area contributed by atoms with Crippen LogP contribution in [0.4, 0.5) is 0 Å². The lowest BCUT2D eigenvalue weighted by atomic mass is 10.3. The quantitative estimate of drug-likeness (QED) is 0.610. The molecule has 0 saturated heterocycles. The van der Waals surface area contributed by atoms with Crippen LogP contribution < -0.4 is 0 Å². The Morgan fingerprint density at radius 3 is 2.93 bits per heavy atom. The first kappa shape index (κ1) is 9.67. The monoisotopic (exact) mass is 215 g/mol. The third kappa shape index (κ3) is 1.55. The van der Waals surface area contributed by atoms with Gasteiger partial charge in [0.15, 0.2) is 5.88 Å². The number of sulfonamides is 1. The van der Waals surface area contributed by atoms with Gasteiger partial charge in [-0.3, -0.25) is 4.68 Å². The Balaban J connectivity index is 2.45. The number of aromatic nitrogens is 2. The summed E-state index contributed by atoms with van der Waals surface area (Å²) in [5.74, 6) is -0.0350. The van der Waals surface area contributed by atoms with E-state index < -0.39 is 10.0 Å². The van der Waals surface area contributed by atoms with Crippen molar-refractivity contribution in [2.24, 2.45) is 0 Å². The summed E-state index contributed by atoms with van der Waals surface area (Å²) >= 11 is 0. The van der Waals surface area contributed by atoms with E-state index in [1.807, 2.05) is 13.0 Å². The van der Waals surface area contributed by atoms with Crippen LogP contribution in [0.15, 0.2) is 6.07 Å². The van der Waals surface area contributed by atoms with E-state index in [-0.39, 0.29) is 5.88 Å². The zero-order chi connectivity index (χ0) is 10.3. The molecule has 1 aliphatic rings. The minimum Gasteiger partial charge on any atom is -0.253 e. The molecule has 14 heavy (non-hydrogen) atoms. The van der Waals surface area contributed by atoms with Gasteiger partial charge in [-0.2, -0.15) is 5.10 Å². The first-order chi connectivity index (χ1) is 6.49. The molecule has 2 rings (SSSR count). The van der Waals surface area contributed by atoms with E-state index >= 15 is 0 Å². The lowest BCUT2D eigenvalue weighted by molar-refractivity contribution is 0.475. The van der Waals surface area contributed by atoms with Crippen LogP contribution in [0.5, 0.6) is 0 Å². The van der Waals surface area contributed by atoms with Crippen molar-refractivity contribution >= 4 is 10.0 Å². The predicted molar refractivity (Wildman–Crippen MR) is 52.2 cm³/mol. The Kier molecular flexibility index (Phi) is 2.11. The van der Waals surface area contributed by atoms with Crippen LogP contribution in [0.25, 0.3) is 0 Å². The molecule has 0 spiro atoms. The van der Waals surface area contributed by atoms with Gasteiger partial charge in [-0.05, 0) is 13.0 Å². The SMILES string of the molecule is Cc1cc2n(n1)CS(=O)(=O)N(C)CC2. The summed E-state index contributed by atoms with van der Waals surface area (Å²) in [5.41, 5.74) is 1.87. The second kappa shape index (κ2) is 3.06. The molecule has 78 valence electrons. The summed E-state index contributed by atoms with van der Waals surface area (Å²) in [6, 6.07) is 1.94. The van der Waals surface area contributed by atoms with Gasteiger partial charge >= 0.3 is 0 Å². The second-order valence-corrected chi connectivity index (χ2v) is 5.63. The van der Waals surface area contributed by atoms with Gasteiger partial charge in [-0.15, -0.1) is 0 Å². The molecule has 0 unspecified atom stereocenters. The van der Waals surface area contributed by atoms with E-state index in [9.17, 15) is 8.42 Å². The highest BCUT2D eigenvalue weighted by Crippen LogP contribution is 2.13. The molecule has 1 aromatic heterocycles. The molecule has 1 aliphatic heterocycles. The molecule has 0 amide bonds. The number of rotatable bonds is 0. The van der Waals surface area contributed by atoms with Crippen molar-refractivity contribution in [3.63, 3.8) is 0 Å². The van der Waals surface area contributed by atoms with Crippen molar-refractivity contribution < 1.29 is 8.42 Å². The highest BCUT2D eigenvalue weighted by molar-refractivity contribution is 7.88. The molecule has 0 N–H and O–H groups in total. The number of nitrogens with zero attached hydrogens (tertiary/aromatic N) is 3. The Morgan fingerprint density at radius 1 is 1.50 bits per heavy atom. The van der Waals surface area contributed by atoms with Gasteiger partial charge in [-0.1, -0.05) is 0 Å². The summed E-state index contributed by atoms with van der Waals surface area (Å²) in [5, 5.41) is 4.15. The maximum Gasteiger partial charge on any atom is 0.234 e. The maximum atomic E-state index is 11.6. The van der Waals surface area contributed by atoms with Crippen LogP contribution in [0.3, 0.4) is 0 Å². The first-order valence-electron chi connectivity index (χ1n) is 4.46. The fourth-order valence-electron chi connectivity index (χ4n) is 1.58. The van der Waals surface area contributed by atoms with Gasteiger partial charge in [0.25, 0.3) is 0 Å². The Labute approximate surface area is 83.4 Å². The molecule has 0 saturated carbocycles. The molecular weight excluding hydrogens is 202 g/mol. The Morgan fingerprint density at radius 2 is 2.21 bits per heavy atom. The van der Waals surface area contributed by atoms with E-state index in [0.29, 0.717) is 6.54 Å². The molecule has 2 heterocycles. The van der Waals surface area contributed by atoms with Crippen molar-refractivity contribution in [1.29, 1.82) is 0 Å². The maximum absolute atomic E-state index is 11.6. The Bertz CT molecular complexity index is 449. The van der Waals surface area contributed by atoms with Gasteiger partial charge in [0, 0.05) is 25.7 Å². The molecule has 0 fully saturated rings. The van der Waals surface area contributed by atoms with Crippen molar-refractivity contribution in [3.05, 3.63) is 17.5 Å². The third-order valence-electron chi connectivity index (χ3n) is 2.43. The molecule has 0 radical (unpaired) electrons. The highest BCUT2D eigenvalue weighted by atomic mass is 32.2. The lowest BCUT2D eigenvalue weighted by Crippen LogP contribution is -2.29. The molecule has 0 aliphatic carbocycles. The van der Waals surface area contributed by atoms with Crippen LogP contribution in [-0.4, -0.2) is 36.1 Å². The van der Waals surface area contributed by atoms with Crippen molar-refractivity contribution in [1.82, 2.24) is 14.1 Å². The molecule has 6 heteroatoms. The van der Waals surface area contributed by atoms with Gasteiger partial charge in [0.1, 0.15) is 0 Å². The molecule has 0 atom stereocenters. The normalized spacial score (nSPS) is 21.6. The van der Waals surface area contributed by atoms with Crippen molar-refractivity contribution in [2.75, 3.05) is 13.6 Å². The smallest absolute Gasteiger partial charge is 0.234 e. The van der Waals surface area contributed by atoms with E-state index in [1.165, 1.54) is 4.31 Å². The van der Waals surface area contributed by atoms with Gasteiger partial charge < -0.3 is 0 Å². The fraction of sp³-hybridized carbons (Fsp3) is 0.625. The summed E-state index contributed by atoms with van der Waals surface area (Å²) in [6.07, 6.45) is 0.733. The lowest BCUT2D eigenvalue weighted by Gasteiger charge is -2.12. The van der Waals surface area contributed by atoms with Gasteiger partial charge in [0.05, 0.1) is 5.69 Å². The van der Waals surface area contributed by atoms with Crippen molar-refractivity contribution in [3.8, 4) is 0 Å². The zero-order valence-corrected chi connectivity index (χ0v) is 9.08. The summed E-state index contributed by atoms with van der Waals surface area (Å²) in [6.45, 7) is 2.41. The van der Waals surface area contributed by atoms with Crippen molar-refractivity contribution in [2.45, 2.75) is 19.2 Å². The number of aryl methyl sites for hydroxylation is 1. The minimum atomic E-state index is -3.16. The number of hydrogen-bond donors (Lipinski definition) is 0. The summed E-state index contributed by atoms with van der Waals surface area (Å²) < 4.78 is 26.2. The highest BCUT2D eigenvalue weighted by Gasteiger charge is 2.24. The summed E-state index contributed by atoms with van der Waals surface area (Å²) in [7, 11) is -1.56. The fourth-order valence-corrected chi connectivity index (χ4v) is 2.68. The standard InChI is InChI=1S/C8H13N3O2S/c1-7-5-8-3-4-10(2)14(12,13)6-11(8)9-7/h5H,3-4,6H2,1-2H3. The van der Waals surface area contributed by atoms with E-state index in [4.69, 9.17) is 0 Å². The van der Waals surface area contributed by atoms with Crippen LogP contribution in [0, 0.1) is 6.92 Å². The van der Waals surface area contributed by atoms with E-state index in [1.54, 1.807) is 11.7 Å². The van der Waals surface area contributed by atoms with Crippen LogP contribution >= 0.6 is 0 Å². The minimum absolute atomic E-state index is 0.0350. The molecule has 0 bridgehead atoms. The van der Waals surface area contributed by atoms with E-state index in [2.05, 4.69) is 5.10 Å². The van der Waals surface area contributed by atoms with Crippen LogP contribution in [0.1, 0.15) is 11.4 Å². The molecular formula is C8H13N3O2S. The van der Waals surface area contributed by atoms with Crippen LogP contribution in [0.2, 0.25) is 0 Å². The largest absolute Gasteiger partial charge is 0.253 e.